The Bertz CT molecular complexity index is 327. The van der Waals surface area contributed by atoms with Crippen LogP contribution in [0.3, 0.4) is 0 Å². The van der Waals surface area contributed by atoms with Crippen molar-refractivity contribution in [3.63, 3.8) is 0 Å². The largest absolute Gasteiger partial charge is 0.364 e. The van der Waals surface area contributed by atoms with Crippen molar-refractivity contribution in [3.05, 3.63) is 42.3 Å². The molecule has 1 aromatic rings. The van der Waals surface area contributed by atoms with Gasteiger partial charge in [-0.2, -0.15) is 0 Å². The van der Waals surface area contributed by atoms with Crippen molar-refractivity contribution in [1.82, 2.24) is 4.98 Å². The van der Waals surface area contributed by atoms with Gasteiger partial charge in [-0.3, -0.25) is 0 Å². The molecule has 0 bridgehead atoms. The van der Waals surface area contributed by atoms with E-state index in [-0.39, 0.29) is 0 Å². The maximum absolute atomic E-state index is 3.69. The van der Waals surface area contributed by atoms with Gasteiger partial charge in [0.25, 0.3) is 0 Å². The summed E-state index contributed by atoms with van der Waals surface area (Å²) in [7, 11) is 0. The van der Waals surface area contributed by atoms with E-state index in [9.17, 15) is 0 Å². The summed E-state index contributed by atoms with van der Waals surface area (Å²) in [6, 6.07) is 2.15. The van der Waals surface area contributed by atoms with Crippen LogP contribution in [0.2, 0.25) is 0 Å². The molecule has 1 aliphatic carbocycles. The topological polar surface area (TPSA) is 15.8 Å². The number of allylic oxidation sites excluding steroid dienone is 2. The second-order valence-corrected chi connectivity index (χ2v) is 3.92. The Balaban J connectivity index is 2.19. The maximum Gasteiger partial charge on any atom is 0.0252 e. The lowest BCUT2D eigenvalue weighted by Gasteiger charge is -2.07. The minimum absolute atomic E-state index is 0.759. The highest BCUT2D eigenvalue weighted by atomic mass is 14.7. The van der Waals surface area contributed by atoms with Gasteiger partial charge in [-0.1, -0.05) is 37.6 Å². The number of nitrogens with one attached hydrogen (secondary N) is 1. The summed E-state index contributed by atoms with van der Waals surface area (Å²) >= 11 is 0. The van der Waals surface area contributed by atoms with Crippen LogP contribution in [-0.4, -0.2) is 4.98 Å². The standard InChI is InChI=1S/C13H17N/c1-2-3-6-12-9-10-14-13(12)11-7-4-5-8-11/h2-3,6,9-11,14H,1,4-5,7-8H2/b6-3-. The van der Waals surface area contributed by atoms with Gasteiger partial charge >= 0.3 is 0 Å². The summed E-state index contributed by atoms with van der Waals surface area (Å²) in [5.74, 6) is 0.759. The van der Waals surface area contributed by atoms with Crippen LogP contribution in [0.15, 0.2) is 31.0 Å². The van der Waals surface area contributed by atoms with E-state index in [1.165, 1.54) is 36.9 Å². The van der Waals surface area contributed by atoms with Crippen molar-refractivity contribution < 1.29 is 0 Å². The highest BCUT2D eigenvalue weighted by Gasteiger charge is 2.19. The average molecular weight is 187 g/mol. The highest BCUT2D eigenvalue weighted by Crippen LogP contribution is 2.35. The molecule has 1 saturated carbocycles. The summed E-state index contributed by atoms with van der Waals surface area (Å²) in [4.78, 5) is 3.37. The van der Waals surface area contributed by atoms with E-state index in [1.54, 1.807) is 0 Å². The average Bonchev–Trinajstić information content (AvgIpc) is 2.84. The van der Waals surface area contributed by atoms with Crippen molar-refractivity contribution >= 4 is 6.08 Å². The Morgan fingerprint density at radius 1 is 1.36 bits per heavy atom. The van der Waals surface area contributed by atoms with E-state index in [0.29, 0.717) is 0 Å². The van der Waals surface area contributed by atoms with E-state index >= 15 is 0 Å². The summed E-state index contributed by atoms with van der Waals surface area (Å²) in [5.41, 5.74) is 2.75. The van der Waals surface area contributed by atoms with Crippen LogP contribution >= 0.6 is 0 Å². The molecule has 1 heterocycles. The van der Waals surface area contributed by atoms with E-state index in [1.807, 2.05) is 18.3 Å². The van der Waals surface area contributed by atoms with Gasteiger partial charge in [-0.15, -0.1) is 0 Å². The molecule has 74 valence electrons. The van der Waals surface area contributed by atoms with Crippen LogP contribution in [0.5, 0.6) is 0 Å². The molecule has 1 fully saturated rings. The smallest absolute Gasteiger partial charge is 0.0252 e. The van der Waals surface area contributed by atoms with E-state index in [2.05, 4.69) is 23.7 Å². The van der Waals surface area contributed by atoms with Gasteiger partial charge < -0.3 is 4.98 Å². The van der Waals surface area contributed by atoms with Gasteiger partial charge in [-0.05, 0) is 30.4 Å². The second-order valence-electron chi connectivity index (χ2n) is 3.92. The Hall–Kier alpha value is -1.24. The van der Waals surface area contributed by atoms with E-state index < -0.39 is 0 Å². The molecule has 0 aliphatic heterocycles. The van der Waals surface area contributed by atoms with Gasteiger partial charge in [-0.25, -0.2) is 0 Å². The van der Waals surface area contributed by atoms with Crippen LogP contribution in [0.1, 0.15) is 42.9 Å². The molecular weight excluding hydrogens is 170 g/mol. The maximum atomic E-state index is 3.69. The minimum atomic E-state index is 0.759. The third-order valence-corrected chi connectivity index (χ3v) is 2.99. The zero-order valence-corrected chi connectivity index (χ0v) is 8.50. The zero-order chi connectivity index (χ0) is 9.80. The van der Waals surface area contributed by atoms with Crippen LogP contribution in [0, 0.1) is 0 Å². The molecule has 0 radical (unpaired) electrons. The normalized spacial score (nSPS) is 18.0. The first-order chi connectivity index (χ1) is 6.92. The van der Waals surface area contributed by atoms with Crippen LogP contribution in [0.4, 0.5) is 0 Å². The predicted molar refractivity (Wildman–Crippen MR) is 61.2 cm³/mol. The van der Waals surface area contributed by atoms with Crippen LogP contribution in [-0.2, 0) is 0 Å². The lowest BCUT2D eigenvalue weighted by atomic mass is 10.0. The number of aromatic nitrogens is 1. The molecule has 1 aliphatic rings. The Labute approximate surface area is 85.5 Å². The molecule has 0 aromatic carbocycles. The van der Waals surface area contributed by atoms with E-state index in [4.69, 9.17) is 0 Å². The third kappa shape index (κ3) is 1.82. The zero-order valence-electron chi connectivity index (χ0n) is 8.50. The third-order valence-electron chi connectivity index (χ3n) is 2.99. The first-order valence-electron chi connectivity index (χ1n) is 5.38. The number of rotatable bonds is 3. The lowest BCUT2D eigenvalue weighted by molar-refractivity contribution is 0.701. The Kier molecular flexibility index (Phi) is 2.87. The molecule has 0 saturated heterocycles. The predicted octanol–water partition coefficient (Wildman–Crippen LogP) is 3.87. The number of hydrogen-bond donors (Lipinski definition) is 1. The molecule has 1 heteroatoms. The highest BCUT2D eigenvalue weighted by molar-refractivity contribution is 5.54. The number of aromatic amines is 1. The van der Waals surface area contributed by atoms with Crippen molar-refractivity contribution in [3.8, 4) is 0 Å². The SMILES string of the molecule is C=C/C=C\c1cc[nH]c1C1CCCC1. The molecular formula is C13H17N. The minimum Gasteiger partial charge on any atom is -0.364 e. The Morgan fingerprint density at radius 3 is 2.86 bits per heavy atom. The lowest BCUT2D eigenvalue weighted by Crippen LogP contribution is -1.94. The summed E-state index contributed by atoms with van der Waals surface area (Å²) in [6.45, 7) is 3.69. The molecule has 14 heavy (non-hydrogen) atoms. The molecule has 1 N–H and O–H groups in total. The number of hydrogen-bond acceptors (Lipinski definition) is 0. The van der Waals surface area contributed by atoms with Crippen molar-refractivity contribution in [1.29, 1.82) is 0 Å². The monoisotopic (exact) mass is 187 g/mol. The summed E-state index contributed by atoms with van der Waals surface area (Å²) < 4.78 is 0. The van der Waals surface area contributed by atoms with Gasteiger partial charge in [0.1, 0.15) is 0 Å². The summed E-state index contributed by atoms with van der Waals surface area (Å²) in [5, 5.41) is 0. The first-order valence-corrected chi connectivity index (χ1v) is 5.38. The Morgan fingerprint density at radius 2 is 2.14 bits per heavy atom. The number of H-pyrrole nitrogens is 1. The van der Waals surface area contributed by atoms with Gasteiger partial charge in [0.15, 0.2) is 0 Å². The van der Waals surface area contributed by atoms with Crippen molar-refractivity contribution in [2.75, 3.05) is 0 Å². The van der Waals surface area contributed by atoms with Gasteiger partial charge in [0, 0.05) is 11.9 Å². The van der Waals surface area contributed by atoms with Crippen LogP contribution in [0.25, 0.3) is 6.08 Å². The van der Waals surface area contributed by atoms with Crippen molar-refractivity contribution in [2.45, 2.75) is 31.6 Å². The van der Waals surface area contributed by atoms with Gasteiger partial charge in [0.05, 0.1) is 0 Å². The van der Waals surface area contributed by atoms with E-state index in [0.717, 1.165) is 5.92 Å². The molecule has 0 atom stereocenters. The molecule has 0 spiro atoms. The molecule has 0 amide bonds. The molecule has 1 aromatic heterocycles. The van der Waals surface area contributed by atoms with Gasteiger partial charge in [0.2, 0.25) is 0 Å². The second kappa shape index (κ2) is 4.32. The van der Waals surface area contributed by atoms with Crippen LogP contribution < -0.4 is 0 Å². The first kappa shape index (κ1) is 9.32. The fraction of sp³-hybridized carbons (Fsp3) is 0.385. The fourth-order valence-corrected chi connectivity index (χ4v) is 2.28. The molecule has 0 unspecified atom stereocenters. The molecule has 1 nitrogen and oxygen atoms in total. The summed E-state index contributed by atoms with van der Waals surface area (Å²) in [6.07, 6.45) is 13.5. The fourth-order valence-electron chi connectivity index (χ4n) is 2.28. The quantitative estimate of drug-likeness (QED) is 0.691. The molecule has 2 rings (SSSR count). The van der Waals surface area contributed by atoms with Crippen molar-refractivity contribution in [2.24, 2.45) is 0 Å².